The van der Waals surface area contributed by atoms with Gasteiger partial charge in [0, 0.05) is 0 Å². The summed E-state index contributed by atoms with van der Waals surface area (Å²) in [6.07, 6.45) is 8.18. The highest BCUT2D eigenvalue weighted by atomic mass is 32.1. The second-order valence-corrected chi connectivity index (χ2v) is 5.26. The van der Waals surface area contributed by atoms with Gasteiger partial charge in [0.25, 0.3) is 0 Å². The highest BCUT2D eigenvalue weighted by molar-refractivity contribution is 7.15. The van der Waals surface area contributed by atoms with E-state index in [1.165, 1.54) is 43.4 Å². The van der Waals surface area contributed by atoms with Crippen LogP contribution in [-0.4, -0.2) is 16.1 Å². The van der Waals surface area contributed by atoms with E-state index in [4.69, 9.17) is 10.8 Å². The molecule has 1 rings (SSSR count). The number of aromatic carboxylic acids is 1. The van der Waals surface area contributed by atoms with Gasteiger partial charge in [-0.15, -0.1) is 11.3 Å². The second-order valence-electron chi connectivity index (χ2n) is 4.14. The van der Waals surface area contributed by atoms with Crippen molar-refractivity contribution >= 4 is 22.3 Å². The molecule has 0 aromatic carbocycles. The molecule has 0 fully saturated rings. The van der Waals surface area contributed by atoms with E-state index in [9.17, 15) is 4.79 Å². The number of hydrogen-bond acceptors (Lipinski definition) is 4. The third kappa shape index (κ3) is 4.73. The lowest BCUT2D eigenvalue weighted by atomic mass is 10.1. The van der Waals surface area contributed by atoms with Crippen molar-refractivity contribution in [2.75, 3.05) is 5.73 Å². The summed E-state index contributed by atoms with van der Waals surface area (Å²) in [5.74, 6) is -1.03. The van der Waals surface area contributed by atoms with E-state index < -0.39 is 5.97 Å². The SMILES string of the molecule is CCCCCCCCc1nc(C(=O)O)c(N)s1. The van der Waals surface area contributed by atoms with Gasteiger partial charge in [-0.3, -0.25) is 0 Å². The lowest BCUT2D eigenvalue weighted by Crippen LogP contribution is -2.00. The van der Waals surface area contributed by atoms with Gasteiger partial charge in [0.2, 0.25) is 0 Å². The first-order valence-corrected chi connectivity index (χ1v) is 6.95. The number of nitrogens with two attached hydrogens (primary N) is 1. The standard InChI is InChI=1S/C12H20N2O2S/c1-2-3-4-5-6-7-8-9-14-10(12(15)16)11(13)17-9/h2-8,13H2,1H3,(H,15,16). The normalized spacial score (nSPS) is 10.6. The first-order valence-electron chi connectivity index (χ1n) is 6.13. The minimum absolute atomic E-state index is 0.0102. The number of rotatable bonds is 8. The molecule has 1 heterocycles. The lowest BCUT2D eigenvalue weighted by Gasteiger charge is -1.98. The number of nitrogens with zero attached hydrogens (tertiary/aromatic N) is 1. The molecule has 1 aromatic heterocycles. The maximum atomic E-state index is 10.7. The van der Waals surface area contributed by atoms with Crippen LogP contribution in [0.2, 0.25) is 0 Å². The smallest absolute Gasteiger partial charge is 0.357 e. The van der Waals surface area contributed by atoms with Gasteiger partial charge in [0.1, 0.15) is 5.00 Å². The van der Waals surface area contributed by atoms with Gasteiger partial charge in [-0.25, -0.2) is 9.78 Å². The summed E-state index contributed by atoms with van der Waals surface area (Å²) in [4.78, 5) is 14.8. The molecule has 0 saturated heterocycles. The average Bonchev–Trinajstić information content (AvgIpc) is 2.65. The number of carboxylic acids is 1. The van der Waals surface area contributed by atoms with E-state index in [2.05, 4.69) is 11.9 Å². The molecule has 0 atom stereocenters. The molecule has 4 nitrogen and oxygen atoms in total. The van der Waals surface area contributed by atoms with Crippen molar-refractivity contribution in [3.8, 4) is 0 Å². The van der Waals surface area contributed by atoms with E-state index in [1.54, 1.807) is 0 Å². The number of aromatic nitrogens is 1. The molecule has 0 aliphatic heterocycles. The first-order chi connectivity index (χ1) is 8.15. The van der Waals surface area contributed by atoms with Crippen molar-refractivity contribution in [2.45, 2.75) is 51.9 Å². The van der Waals surface area contributed by atoms with Gasteiger partial charge in [-0.1, -0.05) is 39.0 Å². The Morgan fingerprint density at radius 3 is 2.53 bits per heavy atom. The molecule has 3 N–H and O–H groups in total. The molecule has 17 heavy (non-hydrogen) atoms. The van der Waals surface area contributed by atoms with E-state index in [0.29, 0.717) is 5.00 Å². The van der Waals surface area contributed by atoms with Crippen molar-refractivity contribution in [2.24, 2.45) is 0 Å². The van der Waals surface area contributed by atoms with E-state index in [0.717, 1.165) is 17.8 Å². The minimum atomic E-state index is -1.03. The van der Waals surface area contributed by atoms with Crippen LogP contribution in [0.1, 0.15) is 60.9 Å². The van der Waals surface area contributed by atoms with E-state index >= 15 is 0 Å². The summed E-state index contributed by atoms with van der Waals surface area (Å²) in [5.41, 5.74) is 5.60. The monoisotopic (exact) mass is 256 g/mol. The molecule has 0 spiro atoms. The van der Waals surface area contributed by atoms with Gasteiger partial charge < -0.3 is 10.8 Å². The quantitative estimate of drug-likeness (QED) is 0.699. The number of hydrogen-bond donors (Lipinski definition) is 2. The molecule has 0 aliphatic rings. The summed E-state index contributed by atoms with van der Waals surface area (Å²) in [6, 6.07) is 0. The van der Waals surface area contributed by atoms with Gasteiger partial charge in [0.05, 0.1) is 5.01 Å². The molecule has 0 unspecified atom stereocenters. The van der Waals surface area contributed by atoms with Gasteiger partial charge >= 0.3 is 5.97 Å². The fraction of sp³-hybridized carbons (Fsp3) is 0.667. The third-order valence-electron chi connectivity index (χ3n) is 2.64. The molecular weight excluding hydrogens is 236 g/mol. The Morgan fingerprint density at radius 2 is 1.94 bits per heavy atom. The van der Waals surface area contributed by atoms with Crippen LogP contribution in [0.5, 0.6) is 0 Å². The molecule has 0 saturated carbocycles. The van der Waals surface area contributed by atoms with Gasteiger partial charge in [-0.2, -0.15) is 0 Å². The Hall–Kier alpha value is -1.10. The molecule has 5 heteroatoms. The molecular formula is C12H20N2O2S. The van der Waals surface area contributed by atoms with Crippen molar-refractivity contribution in [3.05, 3.63) is 10.7 Å². The first kappa shape index (κ1) is 14.0. The summed E-state index contributed by atoms with van der Waals surface area (Å²) in [5, 5.41) is 9.97. The fourth-order valence-electron chi connectivity index (χ4n) is 1.69. The predicted octanol–water partition coefficient (Wildman–Crippen LogP) is 3.33. The van der Waals surface area contributed by atoms with Crippen LogP contribution >= 0.6 is 11.3 Å². The topological polar surface area (TPSA) is 76.2 Å². The molecule has 0 amide bonds. The number of thiazole rings is 1. The molecule has 1 aromatic rings. The summed E-state index contributed by atoms with van der Waals surface area (Å²) in [6.45, 7) is 2.20. The molecule has 0 bridgehead atoms. The predicted molar refractivity (Wildman–Crippen MR) is 70.6 cm³/mol. The van der Waals surface area contributed by atoms with Crippen LogP contribution < -0.4 is 5.73 Å². The number of anilines is 1. The van der Waals surface area contributed by atoms with Crippen LogP contribution in [0.4, 0.5) is 5.00 Å². The highest BCUT2D eigenvalue weighted by Gasteiger charge is 2.14. The zero-order valence-corrected chi connectivity index (χ0v) is 11.1. The van der Waals surface area contributed by atoms with Crippen molar-refractivity contribution in [1.29, 1.82) is 0 Å². The Labute approximate surface area is 106 Å². The minimum Gasteiger partial charge on any atom is -0.476 e. The largest absolute Gasteiger partial charge is 0.476 e. The molecule has 96 valence electrons. The van der Waals surface area contributed by atoms with Crippen LogP contribution in [0.15, 0.2) is 0 Å². The average molecular weight is 256 g/mol. The fourth-order valence-corrected chi connectivity index (χ4v) is 2.56. The Balaban J connectivity index is 2.27. The number of nitrogen functional groups attached to an aromatic ring is 1. The Bertz CT molecular complexity index is 363. The maximum Gasteiger partial charge on any atom is 0.357 e. The van der Waals surface area contributed by atoms with Crippen molar-refractivity contribution in [1.82, 2.24) is 4.98 Å². The number of unbranched alkanes of at least 4 members (excludes halogenated alkanes) is 5. The number of aryl methyl sites for hydroxylation is 1. The zero-order valence-electron chi connectivity index (χ0n) is 10.2. The molecule has 0 aliphatic carbocycles. The second kappa shape index (κ2) is 7.27. The Kier molecular flexibility index (Phi) is 5.97. The van der Waals surface area contributed by atoms with Crippen molar-refractivity contribution < 1.29 is 9.90 Å². The number of carboxylic acid groups (broad SMARTS) is 1. The summed E-state index contributed by atoms with van der Waals surface area (Å²) in [7, 11) is 0. The van der Waals surface area contributed by atoms with Gasteiger partial charge in [0.15, 0.2) is 5.69 Å². The summed E-state index contributed by atoms with van der Waals surface area (Å²) < 4.78 is 0. The third-order valence-corrected chi connectivity index (χ3v) is 3.59. The van der Waals surface area contributed by atoms with Crippen LogP contribution in [0.3, 0.4) is 0 Å². The number of carbonyl (C=O) groups is 1. The zero-order chi connectivity index (χ0) is 12.7. The maximum absolute atomic E-state index is 10.7. The van der Waals surface area contributed by atoms with Crippen LogP contribution in [0.25, 0.3) is 0 Å². The van der Waals surface area contributed by atoms with E-state index in [1.807, 2.05) is 0 Å². The van der Waals surface area contributed by atoms with Gasteiger partial charge in [-0.05, 0) is 12.8 Å². The lowest BCUT2D eigenvalue weighted by molar-refractivity contribution is 0.0692. The summed E-state index contributed by atoms with van der Waals surface area (Å²) >= 11 is 1.30. The van der Waals surface area contributed by atoms with Crippen LogP contribution in [-0.2, 0) is 6.42 Å². The molecule has 0 radical (unpaired) electrons. The van der Waals surface area contributed by atoms with Crippen molar-refractivity contribution in [3.63, 3.8) is 0 Å². The van der Waals surface area contributed by atoms with Crippen LogP contribution in [0, 0.1) is 0 Å². The van der Waals surface area contributed by atoms with E-state index in [-0.39, 0.29) is 5.69 Å². The Morgan fingerprint density at radius 1 is 1.29 bits per heavy atom. The highest BCUT2D eigenvalue weighted by Crippen LogP contribution is 2.22.